The molecule has 0 aromatic heterocycles. The first-order chi connectivity index (χ1) is 9.60. The number of terminal acetylenes is 1. The SMILES string of the molecule is C#CCC(N)C(=O)Nc1cccc(NC(=O)C2CC2)c1. The molecule has 2 rings (SSSR count). The van der Waals surface area contributed by atoms with E-state index >= 15 is 0 Å². The van der Waals surface area contributed by atoms with Crippen molar-refractivity contribution in [2.75, 3.05) is 10.6 Å². The molecule has 2 amide bonds. The van der Waals surface area contributed by atoms with Gasteiger partial charge in [0, 0.05) is 23.7 Å². The lowest BCUT2D eigenvalue weighted by Crippen LogP contribution is -2.35. The van der Waals surface area contributed by atoms with Gasteiger partial charge in [-0.2, -0.15) is 0 Å². The summed E-state index contributed by atoms with van der Waals surface area (Å²) in [6.07, 6.45) is 7.20. The Morgan fingerprint density at radius 2 is 2.00 bits per heavy atom. The third-order valence-electron chi connectivity index (χ3n) is 3.02. The molecule has 0 aliphatic heterocycles. The van der Waals surface area contributed by atoms with E-state index in [1.54, 1.807) is 24.3 Å². The molecule has 0 spiro atoms. The van der Waals surface area contributed by atoms with Gasteiger partial charge in [0.05, 0.1) is 6.04 Å². The molecule has 5 heteroatoms. The van der Waals surface area contributed by atoms with Crippen molar-refractivity contribution in [3.8, 4) is 12.3 Å². The van der Waals surface area contributed by atoms with Crippen LogP contribution in [0, 0.1) is 18.3 Å². The molecule has 5 nitrogen and oxygen atoms in total. The summed E-state index contributed by atoms with van der Waals surface area (Å²) in [5.74, 6) is 2.17. The molecule has 4 N–H and O–H groups in total. The molecule has 0 saturated heterocycles. The minimum absolute atomic E-state index is 0.0255. The lowest BCUT2D eigenvalue weighted by atomic mass is 10.2. The van der Waals surface area contributed by atoms with Crippen LogP contribution in [0.15, 0.2) is 24.3 Å². The molecule has 1 unspecified atom stereocenters. The van der Waals surface area contributed by atoms with Gasteiger partial charge in [-0.3, -0.25) is 9.59 Å². The minimum Gasteiger partial charge on any atom is -0.326 e. The summed E-state index contributed by atoms with van der Waals surface area (Å²) in [6.45, 7) is 0. The Morgan fingerprint density at radius 1 is 1.35 bits per heavy atom. The Bertz CT molecular complexity index is 558. The predicted octanol–water partition coefficient (Wildman–Crippen LogP) is 1.32. The molecule has 1 aliphatic carbocycles. The molecule has 1 aliphatic rings. The second-order valence-electron chi connectivity index (χ2n) is 4.85. The highest BCUT2D eigenvalue weighted by molar-refractivity contribution is 5.97. The summed E-state index contributed by atoms with van der Waals surface area (Å²) in [5, 5.41) is 5.49. The van der Waals surface area contributed by atoms with Gasteiger partial charge in [0.2, 0.25) is 11.8 Å². The highest BCUT2D eigenvalue weighted by Crippen LogP contribution is 2.30. The number of nitrogens with one attached hydrogen (secondary N) is 2. The van der Waals surface area contributed by atoms with Crippen molar-refractivity contribution in [3.05, 3.63) is 24.3 Å². The van der Waals surface area contributed by atoms with Crippen LogP contribution >= 0.6 is 0 Å². The van der Waals surface area contributed by atoms with Crippen LogP contribution in [-0.2, 0) is 9.59 Å². The van der Waals surface area contributed by atoms with Gasteiger partial charge in [0.1, 0.15) is 0 Å². The smallest absolute Gasteiger partial charge is 0.242 e. The molecule has 1 fully saturated rings. The molecule has 104 valence electrons. The molecular formula is C15H17N3O2. The van der Waals surface area contributed by atoms with Gasteiger partial charge in [-0.25, -0.2) is 0 Å². The number of hydrogen-bond acceptors (Lipinski definition) is 3. The number of carbonyl (C=O) groups is 2. The van der Waals surface area contributed by atoms with Crippen LogP contribution in [0.5, 0.6) is 0 Å². The first-order valence-corrected chi connectivity index (χ1v) is 6.51. The topological polar surface area (TPSA) is 84.2 Å². The largest absolute Gasteiger partial charge is 0.326 e. The van der Waals surface area contributed by atoms with E-state index in [1.165, 1.54) is 0 Å². The van der Waals surface area contributed by atoms with Crippen molar-refractivity contribution >= 4 is 23.2 Å². The standard InChI is InChI=1S/C15H17N3O2/c1-2-4-13(16)15(20)18-12-6-3-5-11(9-12)17-14(19)10-7-8-10/h1,3,5-6,9-10,13H,4,7-8,16H2,(H,17,19)(H,18,20). The Morgan fingerprint density at radius 3 is 2.60 bits per heavy atom. The van der Waals surface area contributed by atoms with Crippen LogP contribution in [0.3, 0.4) is 0 Å². The zero-order valence-electron chi connectivity index (χ0n) is 11.1. The van der Waals surface area contributed by atoms with E-state index in [9.17, 15) is 9.59 Å². The highest BCUT2D eigenvalue weighted by Gasteiger charge is 2.29. The fraction of sp³-hybridized carbons (Fsp3) is 0.333. The monoisotopic (exact) mass is 271 g/mol. The Kier molecular flexibility index (Phi) is 4.38. The molecule has 20 heavy (non-hydrogen) atoms. The minimum atomic E-state index is -0.732. The van der Waals surface area contributed by atoms with Gasteiger partial charge >= 0.3 is 0 Å². The molecule has 1 atom stereocenters. The number of amides is 2. The number of benzene rings is 1. The Balaban J connectivity index is 1.96. The van der Waals surface area contributed by atoms with E-state index in [2.05, 4.69) is 16.6 Å². The zero-order chi connectivity index (χ0) is 14.5. The van der Waals surface area contributed by atoms with Gasteiger partial charge in [0.15, 0.2) is 0 Å². The van der Waals surface area contributed by atoms with Gasteiger partial charge in [-0.1, -0.05) is 6.07 Å². The van der Waals surface area contributed by atoms with E-state index in [1.807, 2.05) is 0 Å². The normalized spacial score (nSPS) is 15.0. The maximum absolute atomic E-state index is 11.7. The summed E-state index contributed by atoms with van der Waals surface area (Å²) < 4.78 is 0. The third kappa shape index (κ3) is 3.84. The first-order valence-electron chi connectivity index (χ1n) is 6.51. The van der Waals surface area contributed by atoms with Crippen LogP contribution in [0.25, 0.3) is 0 Å². The molecule has 0 radical (unpaired) electrons. The summed E-state index contributed by atoms with van der Waals surface area (Å²) in [7, 11) is 0. The van der Waals surface area contributed by atoms with Crippen molar-refractivity contribution in [1.82, 2.24) is 0 Å². The van der Waals surface area contributed by atoms with Crippen molar-refractivity contribution < 1.29 is 9.59 Å². The van der Waals surface area contributed by atoms with Gasteiger partial charge in [0.25, 0.3) is 0 Å². The number of carbonyl (C=O) groups excluding carboxylic acids is 2. The van der Waals surface area contributed by atoms with E-state index in [0.29, 0.717) is 11.4 Å². The number of anilines is 2. The van der Waals surface area contributed by atoms with Crippen molar-refractivity contribution in [2.45, 2.75) is 25.3 Å². The average molecular weight is 271 g/mol. The lowest BCUT2D eigenvalue weighted by Gasteiger charge is -2.11. The van der Waals surface area contributed by atoms with Crippen LogP contribution < -0.4 is 16.4 Å². The average Bonchev–Trinajstić information content (AvgIpc) is 3.23. The van der Waals surface area contributed by atoms with E-state index in [-0.39, 0.29) is 24.2 Å². The molecule has 1 aromatic rings. The van der Waals surface area contributed by atoms with Crippen LogP contribution in [0.2, 0.25) is 0 Å². The maximum atomic E-state index is 11.7. The molecule has 1 saturated carbocycles. The lowest BCUT2D eigenvalue weighted by molar-refractivity contribution is -0.118. The van der Waals surface area contributed by atoms with E-state index < -0.39 is 6.04 Å². The summed E-state index contributed by atoms with van der Waals surface area (Å²) in [5.41, 5.74) is 6.86. The van der Waals surface area contributed by atoms with E-state index in [4.69, 9.17) is 12.2 Å². The Hall–Kier alpha value is -2.32. The first kappa shape index (κ1) is 14.1. The molecule has 1 aromatic carbocycles. The number of rotatable bonds is 5. The predicted molar refractivity (Wildman–Crippen MR) is 77.9 cm³/mol. The number of nitrogens with two attached hydrogens (primary N) is 1. The second-order valence-corrected chi connectivity index (χ2v) is 4.85. The Labute approximate surface area is 117 Å². The molecular weight excluding hydrogens is 254 g/mol. The summed E-state index contributed by atoms with van der Waals surface area (Å²) >= 11 is 0. The quantitative estimate of drug-likeness (QED) is 0.706. The zero-order valence-corrected chi connectivity index (χ0v) is 11.1. The van der Waals surface area contributed by atoms with Gasteiger partial charge in [-0.05, 0) is 31.0 Å². The van der Waals surface area contributed by atoms with Crippen molar-refractivity contribution in [3.63, 3.8) is 0 Å². The van der Waals surface area contributed by atoms with Crippen molar-refractivity contribution in [1.29, 1.82) is 0 Å². The maximum Gasteiger partial charge on any atom is 0.242 e. The van der Waals surface area contributed by atoms with Crippen LogP contribution in [0.4, 0.5) is 11.4 Å². The van der Waals surface area contributed by atoms with Gasteiger partial charge in [-0.15, -0.1) is 12.3 Å². The molecule has 0 heterocycles. The number of hydrogen-bond donors (Lipinski definition) is 3. The van der Waals surface area contributed by atoms with Crippen molar-refractivity contribution in [2.24, 2.45) is 11.7 Å². The van der Waals surface area contributed by atoms with E-state index in [0.717, 1.165) is 12.8 Å². The van der Waals surface area contributed by atoms with Crippen LogP contribution in [-0.4, -0.2) is 17.9 Å². The highest BCUT2D eigenvalue weighted by atomic mass is 16.2. The fourth-order valence-corrected chi connectivity index (χ4v) is 1.72. The molecule has 0 bridgehead atoms. The van der Waals surface area contributed by atoms with Gasteiger partial charge < -0.3 is 16.4 Å². The fourth-order valence-electron chi connectivity index (χ4n) is 1.72. The summed E-state index contributed by atoms with van der Waals surface area (Å²) in [4.78, 5) is 23.4. The van der Waals surface area contributed by atoms with Crippen LogP contribution in [0.1, 0.15) is 19.3 Å². The summed E-state index contributed by atoms with van der Waals surface area (Å²) in [6, 6.07) is 6.22. The second kappa shape index (κ2) is 6.22. The third-order valence-corrected chi connectivity index (χ3v) is 3.02.